The smallest absolute Gasteiger partial charge is 0.416 e. The van der Waals surface area contributed by atoms with E-state index in [-0.39, 0.29) is 12.2 Å². The van der Waals surface area contributed by atoms with Crippen molar-refractivity contribution >= 4 is 5.57 Å². The fourth-order valence-corrected chi connectivity index (χ4v) is 2.28. The Bertz CT molecular complexity index is 678. The Morgan fingerprint density at radius 3 is 2.27 bits per heavy atom. The molecule has 0 bridgehead atoms. The molecular weight excluding hydrogens is 293 g/mol. The monoisotopic (exact) mass is 306 g/mol. The first-order valence-corrected chi connectivity index (χ1v) is 6.77. The number of halogens is 3. The third-order valence-electron chi connectivity index (χ3n) is 3.27. The van der Waals surface area contributed by atoms with Gasteiger partial charge < -0.3 is 9.47 Å². The summed E-state index contributed by atoms with van der Waals surface area (Å²) < 4.78 is 50.9. The summed E-state index contributed by atoms with van der Waals surface area (Å²) in [6.07, 6.45) is -4.17. The molecule has 1 heterocycles. The number of allylic oxidation sites excluding steroid dienone is 1. The molecule has 3 rings (SSSR count). The average molecular weight is 306 g/mol. The van der Waals surface area contributed by atoms with Crippen LogP contribution in [0.4, 0.5) is 13.2 Å². The highest BCUT2D eigenvalue weighted by atomic mass is 19.4. The third kappa shape index (κ3) is 3.08. The van der Waals surface area contributed by atoms with Gasteiger partial charge in [-0.2, -0.15) is 13.2 Å². The fourth-order valence-electron chi connectivity index (χ4n) is 2.28. The maximum Gasteiger partial charge on any atom is 0.416 e. The van der Waals surface area contributed by atoms with Gasteiger partial charge in [0.25, 0.3) is 0 Å². The highest BCUT2D eigenvalue weighted by molar-refractivity contribution is 5.70. The number of benzene rings is 2. The van der Waals surface area contributed by atoms with Crippen LogP contribution in [0.3, 0.4) is 0 Å². The molecule has 1 atom stereocenters. The summed E-state index contributed by atoms with van der Waals surface area (Å²) in [5.74, 6) is 0.991. The normalized spacial score (nSPS) is 18.1. The number of fused-ring (bicyclic) bond motifs is 1. The number of rotatable bonds is 2. The van der Waals surface area contributed by atoms with Crippen molar-refractivity contribution < 1.29 is 22.6 Å². The van der Waals surface area contributed by atoms with Crippen LogP contribution in [0.2, 0.25) is 0 Å². The molecule has 22 heavy (non-hydrogen) atoms. The summed E-state index contributed by atoms with van der Waals surface area (Å²) in [6.45, 7) is 0.0451. The van der Waals surface area contributed by atoms with E-state index in [2.05, 4.69) is 0 Å². The topological polar surface area (TPSA) is 18.5 Å². The number of hydrogen-bond acceptors (Lipinski definition) is 2. The van der Waals surface area contributed by atoms with Gasteiger partial charge in [-0.1, -0.05) is 42.5 Å². The SMILES string of the molecule is FC(F)(F)C(=CC1COc2ccccc2O1)c1ccccc1. The van der Waals surface area contributed by atoms with E-state index in [0.29, 0.717) is 11.5 Å². The van der Waals surface area contributed by atoms with Gasteiger partial charge in [-0.15, -0.1) is 0 Å². The Balaban J connectivity index is 1.91. The summed E-state index contributed by atoms with van der Waals surface area (Å²) >= 11 is 0. The number of para-hydroxylation sites is 2. The van der Waals surface area contributed by atoms with Gasteiger partial charge in [0.05, 0.1) is 5.57 Å². The highest BCUT2D eigenvalue weighted by Gasteiger charge is 2.36. The predicted octanol–water partition coefficient (Wildman–Crippen LogP) is 4.47. The van der Waals surface area contributed by atoms with Crippen molar-refractivity contribution in [1.82, 2.24) is 0 Å². The van der Waals surface area contributed by atoms with Crippen molar-refractivity contribution in [2.75, 3.05) is 6.61 Å². The van der Waals surface area contributed by atoms with Crippen LogP contribution in [0.5, 0.6) is 11.5 Å². The Kier molecular flexibility index (Phi) is 3.79. The first-order valence-electron chi connectivity index (χ1n) is 6.77. The third-order valence-corrected chi connectivity index (χ3v) is 3.27. The molecule has 1 aliphatic rings. The molecule has 0 saturated carbocycles. The average Bonchev–Trinajstić information content (AvgIpc) is 2.52. The lowest BCUT2D eigenvalue weighted by atomic mass is 10.0. The van der Waals surface area contributed by atoms with Crippen LogP contribution in [0.1, 0.15) is 5.56 Å². The standard InChI is InChI=1S/C17H13F3O2/c18-17(19,20)14(12-6-2-1-3-7-12)10-13-11-21-15-8-4-5-9-16(15)22-13/h1-10,13H,11H2. The molecule has 0 radical (unpaired) electrons. The Morgan fingerprint density at radius 1 is 0.955 bits per heavy atom. The van der Waals surface area contributed by atoms with E-state index in [1.807, 2.05) is 0 Å². The zero-order valence-electron chi connectivity index (χ0n) is 11.5. The van der Waals surface area contributed by atoms with Gasteiger partial charge in [-0.3, -0.25) is 0 Å². The van der Waals surface area contributed by atoms with E-state index in [1.165, 1.54) is 12.1 Å². The van der Waals surface area contributed by atoms with Gasteiger partial charge in [0.2, 0.25) is 0 Å². The summed E-state index contributed by atoms with van der Waals surface area (Å²) in [7, 11) is 0. The highest BCUT2D eigenvalue weighted by Crippen LogP contribution is 2.36. The molecule has 2 nitrogen and oxygen atoms in total. The molecule has 0 spiro atoms. The van der Waals surface area contributed by atoms with Gasteiger partial charge in [-0.05, 0) is 23.8 Å². The summed E-state index contributed by atoms with van der Waals surface area (Å²) in [5, 5.41) is 0. The molecule has 0 aromatic heterocycles. The van der Waals surface area contributed by atoms with Gasteiger partial charge in [-0.25, -0.2) is 0 Å². The van der Waals surface area contributed by atoms with E-state index >= 15 is 0 Å². The van der Waals surface area contributed by atoms with Gasteiger partial charge in [0.15, 0.2) is 17.6 Å². The van der Waals surface area contributed by atoms with Crippen LogP contribution in [0.15, 0.2) is 60.7 Å². The lowest BCUT2D eigenvalue weighted by molar-refractivity contribution is -0.0696. The van der Waals surface area contributed by atoms with Gasteiger partial charge in [0.1, 0.15) is 6.61 Å². The van der Waals surface area contributed by atoms with Crippen LogP contribution in [-0.2, 0) is 0 Å². The van der Waals surface area contributed by atoms with Crippen molar-refractivity contribution in [3.05, 3.63) is 66.2 Å². The summed E-state index contributed by atoms with van der Waals surface area (Å²) in [4.78, 5) is 0. The lowest BCUT2D eigenvalue weighted by Crippen LogP contribution is -2.28. The number of hydrogen-bond donors (Lipinski definition) is 0. The van der Waals surface area contributed by atoms with Crippen molar-refractivity contribution in [2.24, 2.45) is 0 Å². The van der Waals surface area contributed by atoms with E-state index < -0.39 is 17.9 Å². The zero-order valence-corrected chi connectivity index (χ0v) is 11.5. The van der Waals surface area contributed by atoms with Crippen molar-refractivity contribution in [1.29, 1.82) is 0 Å². The summed E-state index contributed by atoms with van der Waals surface area (Å²) in [6, 6.07) is 14.6. The molecule has 2 aromatic carbocycles. The molecule has 1 unspecified atom stereocenters. The fraction of sp³-hybridized carbons (Fsp3) is 0.176. The van der Waals surface area contributed by atoms with Crippen molar-refractivity contribution in [2.45, 2.75) is 12.3 Å². The van der Waals surface area contributed by atoms with E-state index in [0.717, 1.165) is 6.08 Å². The summed E-state index contributed by atoms with van der Waals surface area (Å²) in [5.41, 5.74) is -0.612. The molecule has 114 valence electrons. The van der Waals surface area contributed by atoms with Crippen LogP contribution < -0.4 is 9.47 Å². The molecule has 2 aromatic rings. The molecule has 0 amide bonds. The Labute approximate surface area is 125 Å². The second-order valence-electron chi connectivity index (χ2n) is 4.86. The molecule has 1 aliphatic heterocycles. The van der Waals surface area contributed by atoms with Crippen LogP contribution in [-0.4, -0.2) is 18.9 Å². The second-order valence-corrected chi connectivity index (χ2v) is 4.86. The minimum atomic E-state index is -4.46. The minimum absolute atomic E-state index is 0.0451. The Hall–Kier alpha value is -2.43. The van der Waals surface area contributed by atoms with Crippen molar-refractivity contribution in [3.8, 4) is 11.5 Å². The molecule has 0 saturated heterocycles. The van der Waals surface area contributed by atoms with Crippen LogP contribution >= 0.6 is 0 Å². The van der Waals surface area contributed by atoms with Gasteiger partial charge in [0, 0.05) is 0 Å². The Morgan fingerprint density at radius 2 is 1.59 bits per heavy atom. The molecule has 0 fully saturated rings. The first-order chi connectivity index (χ1) is 10.5. The van der Waals surface area contributed by atoms with Crippen molar-refractivity contribution in [3.63, 3.8) is 0 Å². The number of alkyl halides is 3. The van der Waals surface area contributed by atoms with Crippen LogP contribution in [0.25, 0.3) is 5.57 Å². The zero-order chi connectivity index (χ0) is 15.6. The lowest BCUT2D eigenvalue weighted by Gasteiger charge is -2.25. The van der Waals surface area contributed by atoms with E-state index in [9.17, 15) is 13.2 Å². The largest absolute Gasteiger partial charge is 0.485 e. The first kappa shape index (κ1) is 14.5. The molecular formula is C17H13F3O2. The van der Waals surface area contributed by atoms with E-state index in [4.69, 9.17) is 9.47 Å². The minimum Gasteiger partial charge on any atom is -0.485 e. The molecule has 5 heteroatoms. The molecule has 0 N–H and O–H groups in total. The number of ether oxygens (including phenoxy) is 2. The second kappa shape index (κ2) is 5.75. The quantitative estimate of drug-likeness (QED) is 0.815. The maximum atomic E-state index is 13.3. The predicted molar refractivity (Wildman–Crippen MR) is 76.8 cm³/mol. The molecule has 0 aliphatic carbocycles. The van der Waals surface area contributed by atoms with Crippen LogP contribution in [0, 0.1) is 0 Å². The van der Waals surface area contributed by atoms with Gasteiger partial charge >= 0.3 is 6.18 Å². The van der Waals surface area contributed by atoms with E-state index in [1.54, 1.807) is 42.5 Å². The maximum absolute atomic E-state index is 13.3.